The zero-order chi connectivity index (χ0) is 19.4. The third-order valence-electron chi connectivity index (χ3n) is 5.34. The van der Waals surface area contributed by atoms with Crippen LogP contribution in [0.25, 0.3) is 0 Å². The molecule has 2 fully saturated rings. The Hall–Kier alpha value is -2.37. The summed E-state index contributed by atoms with van der Waals surface area (Å²) in [5, 5.41) is 2.92. The van der Waals surface area contributed by atoms with Crippen LogP contribution < -0.4 is 5.32 Å². The van der Waals surface area contributed by atoms with Crippen molar-refractivity contribution >= 4 is 17.7 Å². The molecule has 0 bridgehead atoms. The van der Waals surface area contributed by atoms with Crippen molar-refractivity contribution in [2.45, 2.75) is 52.1 Å². The standard InChI is InChI=1S/C21H29N3O3/c1-15(2)10-11-22-20(26)17-8-6-16(7-9-17)13-23-14-19(25)24-12-4-3-5-18(24)21(23)27/h6-9,15,18H,3-5,10-14H2,1-2H3,(H,22,26)/t18-/m0/s1. The van der Waals surface area contributed by atoms with Crippen LogP contribution in [0.2, 0.25) is 0 Å². The van der Waals surface area contributed by atoms with Crippen LogP contribution in [-0.2, 0) is 16.1 Å². The largest absolute Gasteiger partial charge is 0.352 e. The molecule has 27 heavy (non-hydrogen) atoms. The van der Waals surface area contributed by atoms with Crippen molar-refractivity contribution in [3.63, 3.8) is 0 Å². The minimum absolute atomic E-state index is 0.0421. The monoisotopic (exact) mass is 371 g/mol. The van der Waals surface area contributed by atoms with E-state index < -0.39 is 0 Å². The highest BCUT2D eigenvalue weighted by molar-refractivity contribution is 5.95. The first-order valence-electron chi connectivity index (χ1n) is 9.91. The highest BCUT2D eigenvalue weighted by Crippen LogP contribution is 2.24. The number of amides is 3. The number of hydrogen-bond acceptors (Lipinski definition) is 3. The molecule has 0 saturated carbocycles. The maximum absolute atomic E-state index is 12.7. The van der Waals surface area contributed by atoms with Crippen LogP contribution in [-0.4, -0.2) is 53.2 Å². The van der Waals surface area contributed by atoms with E-state index in [1.165, 1.54) is 0 Å². The van der Waals surface area contributed by atoms with Crippen molar-refractivity contribution in [1.82, 2.24) is 15.1 Å². The van der Waals surface area contributed by atoms with E-state index in [0.717, 1.165) is 31.2 Å². The first-order valence-corrected chi connectivity index (χ1v) is 9.91. The number of nitrogens with one attached hydrogen (secondary N) is 1. The van der Waals surface area contributed by atoms with Gasteiger partial charge in [-0.05, 0) is 49.3 Å². The first kappa shape index (κ1) is 19.4. The summed E-state index contributed by atoms with van der Waals surface area (Å²) in [6.07, 6.45) is 3.69. The second-order valence-electron chi connectivity index (χ2n) is 7.93. The normalized spacial score (nSPS) is 20.0. The highest BCUT2D eigenvalue weighted by atomic mass is 16.2. The molecule has 3 rings (SSSR count). The number of rotatable bonds is 6. The lowest BCUT2D eigenvalue weighted by atomic mass is 9.98. The lowest BCUT2D eigenvalue weighted by Gasteiger charge is -2.42. The molecule has 1 aromatic carbocycles. The van der Waals surface area contributed by atoms with E-state index in [-0.39, 0.29) is 30.3 Å². The Bertz CT molecular complexity index is 699. The molecule has 2 heterocycles. The molecule has 0 radical (unpaired) electrons. The molecular formula is C21H29N3O3. The lowest BCUT2D eigenvalue weighted by Crippen LogP contribution is -2.60. The molecule has 146 valence electrons. The van der Waals surface area contributed by atoms with Crippen LogP contribution in [0.4, 0.5) is 0 Å². The molecule has 0 aliphatic carbocycles. The van der Waals surface area contributed by atoms with E-state index in [1.807, 2.05) is 12.1 Å². The van der Waals surface area contributed by atoms with Crippen LogP contribution in [0.3, 0.4) is 0 Å². The van der Waals surface area contributed by atoms with Gasteiger partial charge in [-0.25, -0.2) is 0 Å². The third-order valence-corrected chi connectivity index (χ3v) is 5.34. The van der Waals surface area contributed by atoms with Gasteiger partial charge in [-0.2, -0.15) is 0 Å². The van der Waals surface area contributed by atoms with Crippen molar-refractivity contribution in [2.75, 3.05) is 19.6 Å². The number of carbonyl (C=O) groups excluding carboxylic acids is 3. The summed E-state index contributed by atoms with van der Waals surface area (Å²) in [6, 6.07) is 7.00. The van der Waals surface area contributed by atoms with Crippen molar-refractivity contribution in [1.29, 1.82) is 0 Å². The van der Waals surface area contributed by atoms with Gasteiger partial charge in [-0.3, -0.25) is 14.4 Å². The molecular weight excluding hydrogens is 342 g/mol. The molecule has 1 atom stereocenters. The summed E-state index contributed by atoms with van der Waals surface area (Å²) in [4.78, 5) is 40.6. The Morgan fingerprint density at radius 1 is 1.19 bits per heavy atom. The van der Waals surface area contributed by atoms with Crippen LogP contribution in [0, 0.1) is 5.92 Å². The fourth-order valence-electron chi connectivity index (χ4n) is 3.72. The van der Waals surface area contributed by atoms with E-state index in [9.17, 15) is 14.4 Å². The number of carbonyl (C=O) groups is 3. The topological polar surface area (TPSA) is 69.7 Å². The number of nitrogens with zero attached hydrogens (tertiary/aromatic N) is 2. The molecule has 1 N–H and O–H groups in total. The summed E-state index contributed by atoms with van der Waals surface area (Å²) in [6.45, 7) is 6.17. The van der Waals surface area contributed by atoms with Gasteiger partial charge in [0.05, 0.1) is 0 Å². The van der Waals surface area contributed by atoms with Crippen molar-refractivity contribution < 1.29 is 14.4 Å². The number of benzene rings is 1. The summed E-state index contributed by atoms with van der Waals surface area (Å²) in [5.41, 5.74) is 1.54. The van der Waals surface area contributed by atoms with Gasteiger partial charge in [0.2, 0.25) is 11.8 Å². The Kier molecular flexibility index (Phi) is 6.14. The molecule has 6 nitrogen and oxygen atoms in total. The highest BCUT2D eigenvalue weighted by Gasteiger charge is 2.40. The van der Waals surface area contributed by atoms with E-state index in [4.69, 9.17) is 0 Å². The minimum atomic E-state index is -0.286. The Morgan fingerprint density at radius 2 is 1.93 bits per heavy atom. The van der Waals surface area contributed by atoms with Gasteiger partial charge >= 0.3 is 0 Å². The zero-order valence-electron chi connectivity index (χ0n) is 16.2. The number of piperidine rings is 1. The summed E-state index contributed by atoms with van der Waals surface area (Å²) >= 11 is 0. The van der Waals surface area contributed by atoms with Gasteiger partial charge in [0.15, 0.2) is 0 Å². The molecule has 2 aliphatic heterocycles. The maximum Gasteiger partial charge on any atom is 0.251 e. The van der Waals surface area contributed by atoms with Crippen LogP contribution in [0.15, 0.2) is 24.3 Å². The molecule has 1 aromatic rings. The molecule has 6 heteroatoms. The number of piperazine rings is 1. The fraction of sp³-hybridized carbons (Fsp3) is 0.571. The summed E-state index contributed by atoms with van der Waals surface area (Å²) in [5.74, 6) is 0.562. The summed E-state index contributed by atoms with van der Waals surface area (Å²) in [7, 11) is 0. The van der Waals surface area contributed by atoms with Gasteiger partial charge < -0.3 is 15.1 Å². The van der Waals surface area contributed by atoms with Crippen molar-refractivity contribution in [3.05, 3.63) is 35.4 Å². The van der Waals surface area contributed by atoms with Gasteiger partial charge in [0, 0.05) is 25.2 Å². The molecule has 0 unspecified atom stereocenters. The average molecular weight is 371 g/mol. The smallest absolute Gasteiger partial charge is 0.251 e. The lowest BCUT2D eigenvalue weighted by molar-refractivity contribution is -0.158. The number of fused-ring (bicyclic) bond motifs is 1. The zero-order valence-corrected chi connectivity index (χ0v) is 16.2. The van der Waals surface area contributed by atoms with Gasteiger partial charge in [0.1, 0.15) is 12.6 Å². The first-order chi connectivity index (χ1) is 13.0. The molecule has 2 aliphatic rings. The molecule has 2 saturated heterocycles. The van der Waals surface area contributed by atoms with E-state index in [2.05, 4.69) is 19.2 Å². The Morgan fingerprint density at radius 3 is 2.63 bits per heavy atom. The molecule has 3 amide bonds. The Labute approximate surface area is 160 Å². The van der Waals surface area contributed by atoms with Gasteiger partial charge in [-0.15, -0.1) is 0 Å². The van der Waals surface area contributed by atoms with E-state index in [0.29, 0.717) is 31.1 Å². The molecule has 0 spiro atoms. The summed E-state index contributed by atoms with van der Waals surface area (Å²) < 4.78 is 0. The van der Waals surface area contributed by atoms with Crippen LogP contribution >= 0.6 is 0 Å². The van der Waals surface area contributed by atoms with Crippen LogP contribution in [0.1, 0.15) is 55.5 Å². The fourth-order valence-corrected chi connectivity index (χ4v) is 3.72. The average Bonchev–Trinajstić information content (AvgIpc) is 2.66. The van der Waals surface area contributed by atoms with Crippen molar-refractivity contribution in [2.24, 2.45) is 5.92 Å². The van der Waals surface area contributed by atoms with Gasteiger partial charge in [0.25, 0.3) is 5.91 Å². The van der Waals surface area contributed by atoms with Crippen LogP contribution in [0.5, 0.6) is 0 Å². The third kappa shape index (κ3) is 4.67. The minimum Gasteiger partial charge on any atom is -0.352 e. The number of hydrogen-bond donors (Lipinski definition) is 1. The quantitative estimate of drug-likeness (QED) is 0.833. The van der Waals surface area contributed by atoms with Gasteiger partial charge in [-0.1, -0.05) is 26.0 Å². The predicted molar refractivity (Wildman–Crippen MR) is 103 cm³/mol. The SMILES string of the molecule is CC(C)CCNC(=O)c1ccc(CN2CC(=O)N3CCCC[C@H]3C2=O)cc1. The van der Waals surface area contributed by atoms with E-state index >= 15 is 0 Å². The maximum atomic E-state index is 12.7. The predicted octanol–water partition coefficient (Wildman–Crippen LogP) is 2.19. The molecule has 0 aromatic heterocycles. The Balaban J connectivity index is 1.58. The van der Waals surface area contributed by atoms with E-state index in [1.54, 1.807) is 21.9 Å². The second-order valence-corrected chi connectivity index (χ2v) is 7.93. The van der Waals surface area contributed by atoms with Crippen molar-refractivity contribution in [3.8, 4) is 0 Å². The second kappa shape index (κ2) is 8.55.